The van der Waals surface area contributed by atoms with Crippen LogP contribution in [0.2, 0.25) is 0 Å². The minimum absolute atomic E-state index is 0.258. The molecule has 2 amide bonds. The van der Waals surface area contributed by atoms with Gasteiger partial charge in [-0.05, 0) is 67.5 Å². The highest BCUT2D eigenvalue weighted by Crippen LogP contribution is 2.32. The highest BCUT2D eigenvalue weighted by Gasteiger charge is 2.38. The molecule has 0 fully saturated rings. The predicted octanol–water partition coefficient (Wildman–Crippen LogP) is 5.05. The van der Waals surface area contributed by atoms with Gasteiger partial charge in [-0.3, -0.25) is 14.5 Å². The van der Waals surface area contributed by atoms with Gasteiger partial charge < -0.3 is 10.1 Å². The molecule has 0 unspecified atom stereocenters. The number of rotatable bonds is 9. The first-order chi connectivity index (χ1) is 14.8. The van der Waals surface area contributed by atoms with Crippen molar-refractivity contribution >= 4 is 23.1 Å². The molecule has 1 aliphatic heterocycles. The lowest BCUT2D eigenvalue weighted by Gasteiger charge is -2.15. The minimum Gasteiger partial charge on any atom is -0.382 e. The van der Waals surface area contributed by atoms with Crippen LogP contribution in [0.3, 0.4) is 0 Å². The molecule has 3 rings (SSSR count). The SMILES string of the molecule is CCOCCCN1C(=O)C(Nc2ccc(C(C)C)cc2)=C(c2ccc(C)c(C)c2)C1=O. The normalized spacial score (nSPS) is 14.2. The van der Waals surface area contributed by atoms with Crippen molar-refractivity contribution in [2.24, 2.45) is 0 Å². The van der Waals surface area contributed by atoms with Crippen LogP contribution in [0.1, 0.15) is 55.4 Å². The van der Waals surface area contributed by atoms with E-state index in [-0.39, 0.29) is 11.8 Å². The Bertz CT molecular complexity index is 990. The first-order valence-corrected chi connectivity index (χ1v) is 11.0. The molecule has 0 bridgehead atoms. The van der Waals surface area contributed by atoms with Crippen LogP contribution >= 0.6 is 0 Å². The average Bonchev–Trinajstić information content (AvgIpc) is 2.97. The van der Waals surface area contributed by atoms with E-state index in [0.717, 1.165) is 22.4 Å². The summed E-state index contributed by atoms with van der Waals surface area (Å²) in [5.74, 6) is -0.122. The number of nitrogens with zero attached hydrogens (tertiary/aromatic N) is 1. The maximum absolute atomic E-state index is 13.3. The quantitative estimate of drug-likeness (QED) is 0.456. The number of anilines is 1. The van der Waals surface area contributed by atoms with E-state index in [1.54, 1.807) is 0 Å². The Morgan fingerprint density at radius 3 is 2.29 bits per heavy atom. The molecule has 0 spiro atoms. The van der Waals surface area contributed by atoms with Crippen molar-refractivity contribution in [1.82, 2.24) is 4.90 Å². The zero-order valence-electron chi connectivity index (χ0n) is 19.1. The highest BCUT2D eigenvalue weighted by molar-refractivity contribution is 6.36. The number of hydrogen-bond donors (Lipinski definition) is 1. The summed E-state index contributed by atoms with van der Waals surface area (Å²) < 4.78 is 5.38. The van der Waals surface area contributed by atoms with Gasteiger partial charge in [0, 0.05) is 25.4 Å². The van der Waals surface area contributed by atoms with Crippen molar-refractivity contribution < 1.29 is 14.3 Å². The summed E-state index contributed by atoms with van der Waals surface area (Å²) in [6.45, 7) is 11.7. The summed E-state index contributed by atoms with van der Waals surface area (Å²) in [5.41, 5.74) is 5.77. The van der Waals surface area contributed by atoms with E-state index >= 15 is 0 Å². The molecule has 2 aromatic carbocycles. The molecule has 1 N–H and O–H groups in total. The molecule has 0 saturated heterocycles. The minimum atomic E-state index is -0.289. The van der Waals surface area contributed by atoms with E-state index in [0.29, 0.717) is 43.4 Å². The number of imide groups is 1. The molecule has 0 radical (unpaired) electrons. The van der Waals surface area contributed by atoms with Gasteiger partial charge >= 0.3 is 0 Å². The van der Waals surface area contributed by atoms with Crippen LogP contribution in [0.5, 0.6) is 0 Å². The lowest BCUT2D eigenvalue weighted by Crippen LogP contribution is -2.34. The standard InChI is InChI=1S/C26H32N2O3/c1-6-31-15-7-14-28-25(29)23(21-9-8-18(4)19(5)16-21)24(26(28)30)27-22-12-10-20(11-13-22)17(2)3/h8-13,16-17,27H,6-7,14-15H2,1-5H3. The zero-order chi connectivity index (χ0) is 22.5. The first-order valence-electron chi connectivity index (χ1n) is 11.0. The Morgan fingerprint density at radius 1 is 0.968 bits per heavy atom. The van der Waals surface area contributed by atoms with Gasteiger partial charge in [-0.25, -0.2) is 0 Å². The van der Waals surface area contributed by atoms with Crippen LogP contribution in [-0.2, 0) is 14.3 Å². The van der Waals surface area contributed by atoms with Crippen molar-refractivity contribution in [1.29, 1.82) is 0 Å². The molecular weight excluding hydrogens is 388 g/mol. The van der Waals surface area contributed by atoms with Crippen LogP contribution in [0.4, 0.5) is 5.69 Å². The van der Waals surface area contributed by atoms with E-state index in [9.17, 15) is 9.59 Å². The Labute approximate surface area is 185 Å². The second-order valence-corrected chi connectivity index (χ2v) is 8.26. The van der Waals surface area contributed by atoms with E-state index < -0.39 is 0 Å². The molecule has 0 atom stereocenters. The maximum atomic E-state index is 13.3. The summed E-state index contributed by atoms with van der Waals surface area (Å²) in [6, 6.07) is 13.9. The van der Waals surface area contributed by atoms with Gasteiger partial charge in [0.15, 0.2) is 0 Å². The Balaban J connectivity index is 1.95. The fraction of sp³-hybridized carbons (Fsp3) is 0.385. The Kier molecular flexibility index (Phi) is 7.29. The van der Waals surface area contributed by atoms with Crippen molar-refractivity contribution in [2.45, 2.75) is 47.0 Å². The largest absolute Gasteiger partial charge is 0.382 e. The number of ether oxygens (including phenoxy) is 1. The fourth-order valence-corrected chi connectivity index (χ4v) is 3.62. The van der Waals surface area contributed by atoms with Crippen LogP contribution in [0.15, 0.2) is 48.2 Å². The van der Waals surface area contributed by atoms with Crippen LogP contribution in [0.25, 0.3) is 5.57 Å². The monoisotopic (exact) mass is 420 g/mol. The van der Waals surface area contributed by atoms with Gasteiger partial charge in [-0.2, -0.15) is 0 Å². The van der Waals surface area contributed by atoms with Gasteiger partial charge in [0.25, 0.3) is 11.8 Å². The molecule has 31 heavy (non-hydrogen) atoms. The summed E-state index contributed by atoms with van der Waals surface area (Å²) in [4.78, 5) is 27.9. The number of amides is 2. The summed E-state index contributed by atoms with van der Waals surface area (Å²) in [7, 11) is 0. The van der Waals surface area contributed by atoms with Crippen molar-refractivity contribution in [2.75, 3.05) is 25.1 Å². The molecule has 0 aliphatic carbocycles. The predicted molar refractivity (Wildman–Crippen MR) is 125 cm³/mol. The number of hydrogen-bond acceptors (Lipinski definition) is 4. The van der Waals surface area contributed by atoms with Gasteiger partial charge in [0.2, 0.25) is 0 Å². The number of nitrogens with one attached hydrogen (secondary N) is 1. The number of carbonyl (C=O) groups is 2. The molecule has 5 heteroatoms. The van der Waals surface area contributed by atoms with Crippen molar-refractivity contribution in [3.05, 3.63) is 70.4 Å². The zero-order valence-corrected chi connectivity index (χ0v) is 19.1. The molecule has 0 saturated carbocycles. The second kappa shape index (κ2) is 9.92. The lowest BCUT2D eigenvalue weighted by atomic mass is 9.99. The van der Waals surface area contributed by atoms with Crippen LogP contribution < -0.4 is 5.32 Å². The smallest absolute Gasteiger partial charge is 0.278 e. The number of aryl methyl sites for hydroxylation is 2. The van der Waals surface area contributed by atoms with Gasteiger partial charge in [-0.1, -0.05) is 44.2 Å². The average molecular weight is 421 g/mol. The molecule has 1 aliphatic rings. The van der Waals surface area contributed by atoms with E-state index in [2.05, 4.69) is 19.2 Å². The summed E-state index contributed by atoms with van der Waals surface area (Å²) >= 11 is 0. The molecule has 0 aromatic heterocycles. The number of benzene rings is 2. The topological polar surface area (TPSA) is 58.6 Å². The highest BCUT2D eigenvalue weighted by atomic mass is 16.5. The van der Waals surface area contributed by atoms with Gasteiger partial charge in [-0.15, -0.1) is 0 Å². The van der Waals surface area contributed by atoms with E-state index in [4.69, 9.17) is 4.74 Å². The van der Waals surface area contributed by atoms with Gasteiger partial charge in [0.05, 0.1) is 5.57 Å². The van der Waals surface area contributed by atoms with Crippen molar-refractivity contribution in [3.63, 3.8) is 0 Å². The van der Waals surface area contributed by atoms with Crippen LogP contribution in [0, 0.1) is 13.8 Å². The fourth-order valence-electron chi connectivity index (χ4n) is 3.62. The van der Waals surface area contributed by atoms with E-state index in [1.807, 2.05) is 63.2 Å². The summed E-state index contributed by atoms with van der Waals surface area (Å²) in [6.07, 6.45) is 0.613. The van der Waals surface area contributed by atoms with Crippen LogP contribution in [-0.4, -0.2) is 36.5 Å². The molecule has 1 heterocycles. The first kappa shape index (κ1) is 22.8. The third kappa shape index (κ3) is 5.05. The van der Waals surface area contributed by atoms with Gasteiger partial charge in [0.1, 0.15) is 5.70 Å². The molecule has 5 nitrogen and oxygen atoms in total. The van der Waals surface area contributed by atoms with Crippen molar-refractivity contribution in [3.8, 4) is 0 Å². The third-order valence-electron chi connectivity index (χ3n) is 5.68. The Hall–Kier alpha value is -2.92. The third-order valence-corrected chi connectivity index (χ3v) is 5.68. The maximum Gasteiger partial charge on any atom is 0.278 e. The molecular formula is C26H32N2O3. The number of carbonyl (C=O) groups excluding carboxylic acids is 2. The van der Waals surface area contributed by atoms with E-state index in [1.165, 1.54) is 10.5 Å². The molecule has 2 aromatic rings. The lowest BCUT2D eigenvalue weighted by molar-refractivity contribution is -0.137. The molecule has 164 valence electrons. The summed E-state index contributed by atoms with van der Waals surface area (Å²) in [5, 5.41) is 3.24. The second-order valence-electron chi connectivity index (χ2n) is 8.26. The Morgan fingerprint density at radius 2 is 1.68 bits per heavy atom.